The van der Waals surface area contributed by atoms with E-state index in [9.17, 15) is 0 Å². The minimum atomic E-state index is 0.773. The number of rotatable bonds is 1. The average Bonchev–Trinajstić information content (AvgIpc) is 1.73. The van der Waals surface area contributed by atoms with E-state index >= 15 is 0 Å². The molecular weight excluding hydrogens is 252 g/mol. The van der Waals surface area contributed by atoms with Gasteiger partial charge in [-0.1, -0.05) is 19.8 Å². The SMILES string of the molecule is [CH2-]CC(C)C.[Zn+][I]. The standard InChI is InChI=1S/C5H11.HI.Zn/c1-4-5(2)3;;/h5H,1,4H2,2-3H3;1H;/q-1;;+2/p-1. The zero-order chi connectivity index (χ0) is 6.28. The van der Waals surface area contributed by atoms with Crippen molar-refractivity contribution in [1.82, 2.24) is 0 Å². The molecule has 0 saturated carbocycles. The van der Waals surface area contributed by atoms with Crippen LogP contribution >= 0.6 is 19.8 Å². The van der Waals surface area contributed by atoms with Crippen LogP contribution in [0.1, 0.15) is 20.3 Å². The summed E-state index contributed by atoms with van der Waals surface area (Å²) in [5.74, 6) is 0.773. The van der Waals surface area contributed by atoms with Gasteiger partial charge in [-0.25, -0.2) is 0 Å². The Hall–Kier alpha value is 1.35. The van der Waals surface area contributed by atoms with Gasteiger partial charge in [-0.15, -0.1) is 0 Å². The van der Waals surface area contributed by atoms with Gasteiger partial charge < -0.3 is 6.92 Å². The van der Waals surface area contributed by atoms with Crippen molar-refractivity contribution in [3.63, 3.8) is 0 Å². The van der Waals surface area contributed by atoms with Crippen LogP contribution in [0.4, 0.5) is 0 Å². The summed E-state index contributed by atoms with van der Waals surface area (Å²) in [6.07, 6.45) is 1.06. The molecule has 0 aromatic carbocycles. The molecule has 0 amide bonds. The molecule has 2 heteroatoms. The first-order chi connectivity index (χ1) is 3.27. The van der Waals surface area contributed by atoms with Crippen molar-refractivity contribution >= 4 is 19.8 Å². The van der Waals surface area contributed by atoms with Gasteiger partial charge in [0.1, 0.15) is 0 Å². The Labute approximate surface area is 67.3 Å². The third kappa shape index (κ3) is 18.7. The Balaban J connectivity index is 0. The van der Waals surface area contributed by atoms with Crippen LogP contribution in [-0.4, -0.2) is 0 Å². The molecule has 0 bridgehead atoms. The van der Waals surface area contributed by atoms with E-state index in [2.05, 4.69) is 40.5 Å². The van der Waals surface area contributed by atoms with Crippen LogP contribution in [0.25, 0.3) is 0 Å². The number of hydrogen-bond donors (Lipinski definition) is 0. The summed E-state index contributed by atoms with van der Waals surface area (Å²) in [5.41, 5.74) is 0. The van der Waals surface area contributed by atoms with Gasteiger partial charge in [-0.05, 0) is 0 Å². The van der Waals surface area contributed by atoms with Gasteiger partial charge in [-0.3, -0.25) is 0 Å². The second-order valence-corrected chi connectivity index (χ2v) is 1.68. The van der Waals surface area contributed by atoms with Crippen LogP contribution in [0.3, 0.4) is 0 Å². The molecule has 0 aromatic rings. The third-order valence-electron chi connectivity index (χ3n) is 0.577. The van der Waals surface area contributed by atoms with Crippen LogP contribution in [0, 0.1) is 12.8 Å². The summed E-state index contributed by atoms with van der Waals surface area (Å²) < 4.78 is 0. The van der Waals surface area contributed by atoms with Gasteiger partial charge in [0.05, 0.1) is 0 Å². The molecule has 0 aliphatic heterocycles. The van der Waals surface area contributed by atoms with E-state index in [4.69, 9.17) is 0 Å². The molecule has 0 rings (SSSR count). The fourth-order valence-electron chi connectivity index (χ4n) is 0. The molecule has 0 saturated heterocycles. The molecule has 0 fully saturated rings. The molecule has 40 valence electrons. The van der Waals surface area contributed by atoms with Gasteiger partial charge in [0.25, 0.3) is 0 Å². The molecule has 0 radical (unpaired) electrons. The molecule has 0 heterocycles. The van der Waals surface area contributed by atoms with Crippen LogP contribution in [0.15, 0.2) is 0 Å². The Kier molecular flexibility index (Phi) is 16.6. The molecule has 0 spiro atoms. The second-order valence-electron chi connectivity index (χ2n) is 1.68. The van der Waals surface area contributed by atoms with Crippen molar-refractivity contribution in [2.24, 2.45) is 5.92 Å². The summed E-state index contributed by atoms with van der Waals surface area (Å²) in [6, 6.07) is 0. The maximum atomic E-state index is 3.69. The molecule has 0 unspecified atom stereocenters. The van der Waals surface area contributed by atoms with E-state index in [1.54, 1.807) is 0 Å². The monoisotopic (exact) mass is 262 g/mol. The summed E-state index contributed by atoms with van der Waals surface area (Å²) in [6.45, 7) is 8.00. The first-order valence-electron chi connectivity index (χ1n) is 2.33. The summed E-state index contributed by atoms with van der Waals surface area (Å²) >= 11 is 3.62. The molecule has 7 heavy (non-hydrogen) atoms. The summed E-state index contributed by atoms with van der Waals surface area (Å²) in [4.78, 5) is 0. The average molecular weight is 263 g/mol. The van der Waals surface area contributed by atoms with Crippen molar-refractivity contribution in [3.8, 4) is 0 Å². The van der Waals surface area contributed by atoms with E-state index in [1.165, 1.54) is 14.8 Å². The number of hydrogen-bond acceptors (Lipinski definition) is 0. The van der Waals surface area contributed by atoms with Gasteiger partial charge in [0, 0.05) is 0 Å². The minimum absolute atomic E-state index is 0.773. The summed E-state index contributed by atoms with van der Waals surface area (Å²) in [7, 11) is 0. The molecule has 0 N–H and O–H groups in total. The second kappa shape index (κ2) is 10.4. The van der Waals surface area contributed by atoms with E-state index in [0.717, 1.165) is 12.3 Å². The van der Waals surface area contributed by atoms with Crippen molar-refractivity contribution in [1.29, 1.82) is 0 Å². The molecular formula is C5H11IZn. The van der Waals surface area contributed by atoms with Gasteiger partial charge in [-0.2, -0.15) is 6.42 Å². The molecule has 0 aliphatic carbocycles. The Morgan fingerprint density at radius 2 is 1.71 bits per heavy atom. The maximum absolute atomic E-state index is 3.69. The Morgan fingerprint density at radius 3 is 1.71 bits per heavy atom. The van der Waals surface area contributed by atoms with Crippen LogP contribution < -0.4 is 0 Å². The zero-order valence-corrected chi connectivity index (χ0v) is 10.2. The van der Waals surface area contributed by atoms with Crippen LogP contribution in [0.2, 0.25) is 0 Å². The van der Waals surface area contributed by atoms with Crippen LogP contribution in [0.5, 0.6) is 0 Å². The topological polar surface area (TPSA) is 0 Å². The normalized spacial score (nSPS) is 7.86. The van der Waals surface area contributed by atoms with Crippen molar-refractivity contribution < 1.29 is 14.8 Å². The fraction of sp³-hybridized carbons (Fsp3) is 0.800. The van der Waals surface area contributed by atoms with Crippen molar-refractivity contribution in [2.75, 3.05) is 0 Å². The number of halogens is 1. The van der Waals surface area contributed by atoms with E-state index < -0.39 is 0 Å². The van der Waals surface area contributed by atoms with Crippen molar-refractivity contribution in [3.05, 3.63) is 6.92 Å². The zero-order valence-electron chi connectivity index (χ0n) is 5.08. The third-order valence-corrected chi connectivity index (χ3v) is 0.577. The quantitative estimate of drug-likeness (QED) is 0.388. The van der Waals surface area contributed by atoms with Gasteiger partial charge >= 0.3 is 34.5 Å². The molecule has 0 nitrogen and oxygen atoms in total. The van der Waals surface area contributed by atoms with Gasteiger partial charge in [0.2, 0.25) is 0 Å². The van der Waals surface area contributed by atoms with Crippen molar-refractivity contribution in [2.45, 2.75) is 20.3 Å². The first-order valence-corrected chi connectivity index (χ1v) is 11.4. The Bertz CT molecular complexity index is 22.0. The predicted molar refractivity (Wildman–Crippen MR) is 38.8 cm³/mol. The predicted octanol–water partition coefficient (Wildman–Crippen LogP) is 2.75. The molecule has 0 aliphatic rings. The van der Waals surface area contributed by atoms with Gasteiger partial charge in [0.15, 0.2) is 0 Å². The van der Waals surface area contributed by atoms with Crippen LogP contribution in [-0.2, 0) is 14.8 Å². The van der Waals surface area contributed by atoms with E-state index in [0.29, 0.717) is 0 Å². The molecule has 0 aromatic heterocycles. The summed E-state index contributed by atoms with van der Waals surface area (Å²) in [5, 5.41) is 0. The van der Waals surface area contributed by atoms with E-state index in [-0.39, 0.29) is 0 Å². The fourth-order valence-corrected chi connectivity index (χ4v) is 0. The molecule has 0 atom stereocenters. The van der Waals surface area contributed by atoms with E-state index in [1.807, 2.05) is 0 Å². The first kappa shape index (κ1) is 11.2. The Morgan fingerprint density at radius 1 is 1.57 bits per heavy atom.